The second kappa shape index (κ2) is 6.60. The Morgan fingerprint density at radius 1 is 0.905 bits per heavy atom. The predicted molar refractivity (Wildman–Crippen MR) is 91.4 cm³/mol. The van der Waals surface area contributed by atoms with Crippen molar-refractivity contribution in [2.75, 3.05) is 6.54 Å². The molecule has 1 N–H and O–H groups in total. The average molecular weight is 292 g/mol. The van der Waals surface area contributed by atoms with Crippen LogP contribution in [-0.2, 0) is 0 Å². The van der Waals surface area contributed by atoms with Gasteiger partial charge in [-0.2, -0.15) is 0 Å². The summed E-state index contributed by atoms with van der Waals surface area (Å²) in [5.74, 6) is 4.20. The van der Waals surface area contributed by atoms with Crippen molar-refractivity contribution in [3.8, 4) is 0 Å². The van der Waals surface area contributed by atoms with Crippen LogP contribution in [0.1, 0.15) is 85.0 Å². The van der Waals surface area contributed by atoms with Gasteiger partial charge >= 0.3 is 0 Å². The van der Waals surface area contributed by atoms with E-state index in [1.807, 2.05) is 0 Å². The molecule has 0 aromatic heterocycles. The van der Waals surface area contributed by atoms with Crippen molar-refractivity contribution in [3.63, 3.8) is 0 Å². The van der Waals surface area contributed by atoms with Gasteiger partial charge in [0.05, 0.1) is 0 Å². The maximum absolute atomic E-state index is 3.95. The molecule has 1 unspecified atom stereocenters. The molecule has 0 heterocycles. The van der Waals surface area contributed by atoms with Gasteiger partial charge in [-0.15, -0.1) is 0 Å². The highest BCUT2D eigenvalue weighted by atomic mass is 14.9. The lowest BCUT2D eigenvalue weighted by Gasteiger charge is -2.58. The van der Waals surface area contributed by atoms with Gasteiger partial charge in [-0.3, -0.25) is 0 Å². The molecule has 1 heteroatoms. The molecule has 0 aliphatic heterocycles. The molecule has 4 rings (SSSR count). The van der Waals surface area contributed by atoms with E-state index in [1.165, 1.54) is 32.2 Å². The maximum Gasteiger partial charge on any atom is 0.0100 e. The lowest BCUT2D eigenvalue weighted by molar-refractivity contribution is -0.0651. The molecular weight excluding hydrogens is 254 g/mol. The Bertz CT molecular complexity index is 295. The number of hydrogen-bond donors (Lipinski definition) is 1. The van der Waals surface area contributed by atoms with Crippen molar-refractivity contribution in [2.24, 2.45) is 29.1 Å². The van der Waals surface area contributed by atoms with Crippen molar-refractivity contribution in [2.45, 2.75) is 91.0 Å². The van der Waals surface area contributed by atoms with Crippen molar-refractivity contribution in [1.29, 1.82) is 0 Å². The Morgan fingerprint density at radius 2 is 1.43 bits per heavy atom. The van der Waals surface area contributed by atoms with Crippen LogP contribution in [0.4, 0.5) is 0 Å². The molecule has 1 nitrogen and oxygen atoms in total. The Kier molecular flexibility index (Phi) is 4.98. The van der Waals surface area contributed by atoms with Crippen LogP contribution in [0.5, 0.6) is 0 Å². The third kappa shape index (κ3) is 3.33. The molecule has 0 saturated heterocycles. The smallest absolute Gasteiger partial charge is 0.0100 e. The molecule has 0 aromatic rings. The summed E-state index contributed by atoms with van der Waals surface area (Å²) in [5.41, 5.74) is 0.739. The van der Waals surface area contributed by atoms with E-state index >= 15 is 0 Å². The second-order valence-corrected chi connectivity index (χ2v) is 8.76. The molecule has 4 aliphatic carbocycles. The van der Waals surface area contributed by atoms with E-state index in [9.17, 15) is 0 Å². The molecule has 0 spiro atoms. The van der Waals surface area contributed by atoms with Gasteiger partial charge in [0.25, 0.3) is 0 Å². The largest absolute Gasteiger partial charge is 0.314 e. The van der Waals surface area contributed by atoms with Gasteiger partial charge in [-0.05, 0) is 87.0 Å². The lowest BCUT2D eigenvalue weighted by Crippen LogP contribution is -2.50. The third-order valence-corrected chi connectivity index (χ3v) is 7.09. The summed E-state index contributed by atoms with van der Waals surface area (Å²) in [6, 6.07) is 0.788. The van der Waals surface area contributed by atoms with Gasteiger partial charge in [-0.1, -0.05) is 33.6 Å². The molecule has 1 atom stereocenters. The molecule has 0 amide bonds. The zero-order valence-electron chi connectivity index (χ0n) is 14.7. The monoisotopic (exact) mass is 291 g/mol. The quantitative estimate of drug-likeness (QED) is 0.631. The van der Waals surface area contributed by atoms with Crippen LogP contribution in [0.25, 0.3) is 0 Å². The molecule has 4 saturated carbocycles. The van der Waals surface area contributed by atoms with E-state index in [-0.39, 0.29) is 0 Å². The predicted octanol–water partition coefficient (Wildman–Crippen LogP) is 5.40. The normalized spacial score (nSPS) is 39.1. The Balaban J connectivity index is 1.69. The van der Waals surface area contributed by atoms with Crippen molar-refractivity contribution in [3.05, 3.63) is 0 Å². The summed E-state index contributed by atoms with van der Waals surface area (Å²) >= 11 is 0. The highest BCUT2D eigenvalue weighted by Gasteiger charge is 2.51. The Hall–Kier alpha value is -0.0400. The third-order valence-electron chi connectivity index (χ3n) is 7.09. The first-order valence-corrected chi connectivity index (χ1v) is 9.91. The van der Waals surface area contributed by atoms with E-state index < -0.39 is 0 Å². The van der Waals surface area contributed by atoms with Crippen LogP contribution < -0.4 is 5.32 Å². The minimum Gasteiger partial charge on any atom is -0.314 e. The topological polar surface area (TPSA) is 12.0 Å². The Labute approximate surface area is 132 Å². The molecule has 122 valence electrons. The molecule has 0 radical (unpaired) electrons. The van der Waals surface area contributed by atoms with Gasteiger partial charge in [0.2, 0.25) is 0 Å². The summed E-state index contributed by atoms with van der Waals surface area (Å²) in [6.45, 7) is 8.32. The van der Waals surface area contributed by atoms with Gasteiger partial charge in [0.1, 0.15) is 0 Å². The van der Waals surface area contributed by atoms with Crippen LogP contribution in [0.2, 0.25) is 0 Å². The van der Waals surface area contributed by atoms with Crippen molar-refractivity contribution in [1.82, 2.24) is 5.32 Å². The summed E-state index contributed by atoms with van der Waals surface area (Å²) in [4.78, 5) is 0. The van der Waals surface area contributed by atoms with E-state index in [2.05, 4.69) is 26.1 Å². The maximum atomic E-state index is 3.95. The number of hydrogen-bond acceptors (Lipinski definition) is 1. The summed E-state index contributed by atoms with van der Waals surface area (Å²) < 4.78 is 0. The SMILES string of the molecule is CCCNC(CC12CC3CC(CC(C3)C1)C2)C(CC)CC. The summed E-state index contributed by atoms with van der Waals surface area (Å²) in [5, 5.41) is 3.95. The first-order valence-electron chi connectivity index (χ1n) is 9.91. The van der Waals surface area contributed by atoms with Crippen LogP contribution in [0, 0.1) is 29.1 Å². The van der Waals surface area contributed by atoms with Gasteiger partial charge in [0.15, 0.2) is 0 Å². The van der Waals surface area contributed by atoms with E-state index in [0.717, 1.165) is 35.1 Å². The van der Waals surface area contributed by atoms with Crippen LogP contribution in [0.15, 0.2) is 0 Å². The molecule has 0 aromatic carbocycles. The van der Waals surface area contributed by atoms with Gasteiger partial charge < -0.3 is 5.32 Å². The molecule has 4 aliphatic rings. The average Bonchev–Trinajstić information content (AvgIpc) is 2.44. The molecule has 21 heavy (non-hydrogen) atoms. The fourth-order valence-electron chi connectivity index (χ4n) is 6.60. The molecule has 4 fully saturated rings. The fraction of sp³-hybridized carbons (Fsp3) is 1.00. The first kappa shape index (κ1) is 15.8. The standard InChI is InChI=1S/C20H37N/c1-4-7-21-19(18(5-2)6-3)14-20-11-15-8-16(12-20)10-17(9-15)13-20/h15-19,21H,4-14H2,1-3H3. The zero-order chi connectivity index (χ0) is 14.9. The van der Waals surface area contributed by atoms with Crippen molar-refractivity contribution >= 4 is 0 Å². The summed E-state index contributed by atoms with van der Waals surface area (Å²) in [7, 11) is 0. The Morgan fingerprint density at radius 3 is 1.86 bits per heavy atom. The molecular formula is C20H37N. The van der Waals surface area contributed by atoms with E-state index in [1.54, 1.807) is 38.5 Å². The summed E-state index contributed by atoms with van der Waals surface area (Å²) in [6.07, 6.45) is 14.9. The van der Waals surface area contributed by atoms with E-state index in [0.29, 0.717) is 0 Å². The minimum atomic E-state index is 0.739. The highest BCUT2D eigenvalue weighted by Crippen LogP contribution is 2.61. The second-order valence-electron chi connectivity index (χ2n) is 8.76. The van der Waals surface area contributed by atoms with Gasteiger partial charge in [0, 0.05) is 6.04 Å². The van der Waals surface area contributed by atoms with Gasteiger partial charge in [-0.25, -0.2) is 0 Å². The molecule has 4 bridgehead atoms. The number of rotatable bonds is 8. The van der Waals surface area contributed by atoms with Crippen LogP contribution >= 0.6 is 0 Å². The number of nitrogens with one attached hydrogen (secondary N) is 1. The minimum absolute atomic E-state index is 0.739. The fourth-order valence-corrected chi connectivity index (χ4v) is 6.60. The lowest BCUT2D eigenvalue weighted by atomic mass is 9.48. The van der Waals surface area contributed by atoms with Crippen molar-refractivity contribution < 1.29 is 0 Å². The first-order chi connectivity index (χ1) is 10.2. The van der Waals surface area contributed by atoms with Crippen LogP contribution in [-0.4, -0.2) is 12.6 Å². The highest BCUT2D eigenvalue weighted by molar-refractivity contribution is 5.03. The van der Waals surface area contributed by atoms with Crippen LogP contribution in [0.3, 0.4) is 0 Å². The zero-order valence-corrected chi connectivity index (χ0v) is 14.7. The van der Waals surface area contributed by atoms with E-state index in [4.69, 9.17) is 0 Å².